The average Bonchev–Trinajstić information content (AvgIpc) is 2.79. The summed E-state index contributed by atoms with van der Waals surface area (Å²) in [7, 11) is 1.39. The number of nitrogens with one attached hydrogen (secondary N) is 1. The number of hydrogen-bond acceptors (Lipinski definition) is 4. The molecule has 3 rings (SSSR count). The molecule has 3 aromatic rings. The zero-order chi connectivity index (χ0) is 23.1. The summed E-state index contributed by atoms with van der Waals surface area (Å²) in [5, 5.41) is 12.0. The quantitative estimate of drug-likeness (QED) is 0.471. The van der Waals surface area contributed by atoms with Crippen molar-refractivity contribution in [2.75, 3.05) is 7.11 Å². The van der Waals surface area contributed by atoms with Gasteiger partial charge < -0.3 is 19.9 Å². The molecule has 0 saturated carbocycles. The Labute approximate surface area is 188 Å². The fourth-order valence-corrected chi connectivity index (χ4v) is 3.10. The third-order valence-corrected chi connectivity index (χ3v) is 4.69. The Morgan fingerprint density at radius 1 is 1.09 bits per heavy atom. The third-order valence-electron chi connectivity index (χ3n) is 4.41. The summed E-state index contributed by atoms with van der Waals surface area (Å²) in [6, 6.07) is 17.3. The number of rotatable bonds is 8. The molecular formula is C24H19ClFNO5. The van der Waals surface area contributed by atoms with Crippen LogP contribution in [0.4, 0.5) is 4.39 Å². The fraction of sp³-hybridized carbons (Fsp3) is 0.0833. The van der Waals surface area contributed by atoms with E-state index in [1.54, 1.807) is 48.5 Å². The first-order chi connectivity index (χ1) is 15.4. The van der Waals surface area contributed by atoms with Gasteiger partial charge in [-0.15, -0.1) is 0 Å². The summed E-state index contributed by atoms with van der Waals surface area (Å²) < 4.78 is 24.8. The van der Waals surface area contributed by atoms with Crippen LogP contribution in [-0.4, -0.2) is 24.1 Å². The largest absolute Gasteiger partial charge is 0.493 e. The van der Waals surface area contributed by atoms with Crippen molar-refractivity contribution in [3.05, 3.63) is 100.0 Å². The molecule has 164 valence electrons. The predicted molar refractivity (Wildman–Crippen MR) is 118 cm³/mol. The maximum atomic E-state index is 13.8. The van der Waals surface area contributed by atoms with Gasteiger partial charge in [-0.3, -0.25) is 4.79 Å². The summed E-state index contributed by atoms with van der Waals surface area (Å²) in [5.41, 5.74) is 0.659. The van der Waals surface area contributed by atoms with Gasteiger partial charge >= 0.3 is 5.97 Å². The number of carbonyl (C=O) groups is 2. The molecule has 3 aromatic carbocycles. The van der Waals surface area contributed by atoms with E-state index in [4.69, 9.17) is 21.1 Å². The topological polar surface area (TPSA) is 84.9 Å². The lowest BCUT2D eigenvalue weighted by molar-refractivity contribution is -0.132. The van der Waals surface area contributed by atoms with Crippen molar-refractivity contribution in [2.45, 2.75) is 6.61 Å². The molecule has 2 N–H and O–H groups in total. The van der Waals surface area contributed by atoms with Crippen molar-refractivity contribution in [2.24, 2.45) is 0 Å². The molecule has 0 heterocycles. The second kappa shape index (κ2) is 10.5. The van der Waals surface area contributed by atoms with Crippen LogP contribution in [0, 0.1) is 5.82 Å². The molecule has 0 saturated heterocycles. The van der Waals surface area contributed by atoms with Crippen molar-refractivity contribution in [3.63, 3.8) is 0 Å². The number of carboxylic acid groups (broad SMARTS) is 1. The monoisotopic (exact) mass is 455 g/mol. The fourth-order valence-electron chi connectivity index (χ4n) is 2.83. The van der Waals surface area contributed by atoms with Gasteiger partial charge in [-0.2, -0.15) is 0 Å². The first-order valence-corrected chi connectivity index (χ1v) is 9.82. The number of aliphatic carboxylic acids is 1. The van der Waals surface area contributed by atoms with Gasteiger partial charge in [-0.25, -0.2) is 9.18 Å². The van der Waals surface area contributed by atoms with Gasteiger partial charge in [0.1, 0.15) is 18.1 Å². The molecule has 0 atom stereocenters. The van der Waals surface area contributed by atoms with E-state index in [0.29, 0.717) is 16.7 Å². The Kier molecular flexibility index (Phi) is 7.46. The van der Waals surface area contributed by atoms with Crippen LogP contribution in [0.5, 0.6) is 11.5 Å². The highest BCUT2D eigenvalue weighted by Gasteiger charge is 2.16. The van der Waals surface area contributed by atoms with Crippen LogP contribution in [0.2, 0.25) is 5.02 Å². The summed E-state index contributed by atoms with van der Waals surface area (Å²) in [6.07, 6.45) is 1.25. The number of ether oxygens (including phenoxy) is 2. The Morgan fingerprint density at radius 3 is 2.44 bits per heavy atom. The van der Waals surface area contributed by atoms with Gasteiger partial charge in [-0.1, -0.05) is 48.0 Å². The van der Waals surface area contributed by atoms with Crippen LogP contribution >= 0.6 is 11.6 Å². The highest BCUT2D eigenvalue weighted by atomic mass is 35.5. The number of hydrogen-bond donors (Lipinski definition) is 2. The Hall–Kier alpha value is -3.84. The van der Waals surface area contributed by atoms with Crippen molar-refractivity contribution in [1.29, 1.82) is 0 Å². The molecule has 1 amide bonds. The number of amides is 1. The Bertz CT molecular complexity index is 1160. The van der Waals surface area contributed by atoms with Crippen molar-refractivity contribution in [3.8, 4) is 11.5 Å². The molecular weight excluding hydrogens is 437 g/mol. The van der Waals surface area contributed by atoms with Gasteiger partial charge in [0.25, 0.3) is 5.91 Å². The molecule has 32 heavy (non-hydrogen) atoms. The Balaban J connectivity index is 1.85. The van der Waals surface area contributed by atoms with E-state index in [1.165, 1.54) is 31.4 Å². The van der Waals surface area contributed by atoms with E-state index in [-0.39, 0.29) is 28.8 Å². The first-order valence-electron chi connectivity index (χ1n) is 9.44. The van der Waals surface area contributed by atoms with Crippen LogP contribution in [0.15, 0.2) is 72.4 Å². The number of carboxylic acids is 1. The van der Waals surface area contributed by atoms with E-state index in [1.807, 2.05) is 0 Å². The molecule has 6 nitrogen and oxygen atoms in total. The van der Waals surface area contributed by atoms with Crippen LogP contribution < -0.4 is 14.8 Å². The predicted octanol–water partition coefficient (Wildman–Crippen LogP) is 4.92. The SMILES string of the molecule is COc1cc(/C=C(/NC(=O)c2ccccc2)C(=O)O)cc(Cl)c1OCc1ccccc1F. The van der Waals surface area contributed by atoms with E-state index in [2.05, 4.69) is 5.32 Å². The summed E-state index contributed by atoms with van der Waals surface area (Å²) in [5.74, 6) is -1.91. The van der Waals surface area contributed by atoms with Crippen molar-refractivity contribution < 1.29 is 28.6 Å². The van der Waals surface area contributed by atoms with Crippen LogP contribution in [0.3, 0.4) is 0 Å². The summed E-state index contributed by atoms with van der Waals surface area (Å²) in [4.78, 5) is 24.0. The third kappa shape index (κ3) is 5.65. The van der Waals surface area contributed by atoms with Crippen molar-refractivity contribution in [1.82, 2.24) is 5.32 Å². The van der Waals surface area contributed by atoms with Crippen LogP contribution in [-0.2, 0) is 11.4 Å². The lowest BCUT2D eigenvalue weighted by Gasteiger charge is -2.14. The second-order valence-electron chi connectivity index (χ2n) is 6.60. The molecule has 0 aromatic heterocycles. The molecule has 0 bridgehead atoms. The number of benzene rings is 3. The molecule has 0 spiro atoms. The minimum absolute atomic E-state index is 0.0779. The van der Waals surface area contributed by atoms with E-state index >= 15 is 0 Å². The first kappa shape index (κ1) is 22.8. The van der Waals surface area contributed by atoms with Gasteiger partial charge in [0.15, 0.2) is 11.5 Å². The normalized spacial score (nSPS) is 11.0. The molecule has 0 aliphatic rings. The molecule has 0 aliphatic heterocycles. The average molecular weight is 456 g/mol. The summed E-state index contributed by atoms with van der Waals surface area (Å²) >= 11 is 6.32. The molecule has 0 fully saturated rings. The number of methoxy groups -OCH3 is 1. The maximum absolute atomic E-state index is 13.8. The molecule has 8 heteroatoms. The second-order valence-corrected chi connectivity index (χ2v) is 7.00. The standard InChI is InChI=1S/C24H19ClFNO5/c1-31-21-13-15(11-18(25)22(21)32-14-17-9-5-6-10-19(17)26)12-20(24(29)30)27-23(28)16-7-3-2-4-8-16/h2-13H,14H2,1H3,(H,27,28)(H,29,30)/b20-12+. The highest BCUT2D eigenvalue weighted by Crippen LogP contribution is 2.37. The minimum atomic E-state index is -1.33. The van der Waals surface area contributed by atoms with Gasteiger partial charge in [0.05, 0.1) is 12.1 Å². The number of halogens is 2. The van der Waals surface area contributed by atoms with Gasteiger partial charge in [-0.05, 0) is 42.0 Å². The van der Waals surface area contributed by atoms with Gasteiger partial charge in [0, 0.05) is 11.1 Å². The smallest absolute Gasteiger partial charge is 0.352 e. The van der Waals surface area contributed by atoms with Crippen molar-refractivity contribution >= 4 is 29.6 Å². The molecule has 0 aliphatic carbocycles. The molecule has 0 radical (unpaired) electrons. The maximum Gasteiger partial charge on any atom is 0.352 e. The minimum Gasteiger partial charge on any atom is -0.493 e. The van der Waals surface area contributed by atoms with Gasteiger partial charge in [0.2, 0.25) is 0 Å². The zero-order valence-corrected chi connectivity index (χ0v) is 17.7. The van der Waals surface area contributed by atoms with E-state index in [0.717, 1.165) is 0 Å². The Morgan fingerprint density at radius 2 is 1.78 bits per heavy atom. The molecule has 0 unspecified atom stereocenters. The zero-order valence-electron chi connectivity index (χ0n) is 17.0. The van der Waals surface area contributed by atoms with Crippen LogP contribution in [0.1, 0.15) is 21.5 Å². The number of carbonyl (C=O) groups excluding carboxylic acids is 1. The van der Waals surface area contributed by atoms with Crippen LogP contribution in [0.25, 0.3) is 6.08 Å². The summed E-state index contributed by atoms with van der Waals surface area (Å²) in [6.45, 7) is -0.0779. The lowest BCUT2D eigenvalue weighted by Crippen LogP contribution is -2.27. The van der Waals surface area contributed by atoms with E-state index < -0.39 is 17.7 Å². The lowest BCUT2D eigenvalue weighted by atomic mass is 10.1. The van der Waals surface area contributed by atoms with E-state index in [9.17, 15) is 19.1 Å². The highest BCUT2D eigenvalue weighted by molar-refractivity contribution is 6.32.